The molecule has 0 aliphatic heterocycles. The van der Waals surface area contributed by atoms with Crippen LogP contribution in [-0.4, -0.2) is 6.26 Å². The maximum absolute atomic E-state index is 3.56. The molecule has 0 fully saturated rings. The highest BCUT2D eigenvalue weighted by atomic mass is 79.9. The van der Waals surface area contributed by atoms with Gasteiger partial charge in [-0.05, 0) is 58.3 Å². The number of thiophene rings is 1. The van der Waals surface area contributed by atoms with Crippen molar-refractivity contribution in [1.29, 1.82) is 0 Å². The molecule has 0 bridgehead atoms. The third kappa shape index (κ3) is 3.60. The first-order valence-corrected chi connectivity index (χ1v) is 8.69. The summed E-state index contributed by atoms with van der Waals surface area (Å²) in [7, 11) is 0. The molecular weight excluding hydrogens is 326 g/mol. The number of hydrogen-bond donors (Lipinski definition) is 1. The number of benzene rings is 1. The molecule has 1 heterocycles. The average Bonchev–Trinajstić information content (AvgIpc) is 2.81. The van der Waals surface area contributed by atoms with Gasteiger partial charge in [-0.25, -0.2) is 0 Å². The van der Waals surface area contributed by atoms with Gasteiger partial charge in [0.15, 0.2) is 0 Å². The zero-order chi connectivity index (χ0) is 13.0. The van der Waals surface area contributed by atoms with E-state index in [1.165, 1.54) is 19.8 Å². The molecule has 0 radical (unpaired) electrons. The van der Waals surface area contributed by atoms with E-state index in [4.69, 9.17) is 0 Å². The monoisotopic (exact) mass is 341 g/mol. The van der Waals surface area contributed by atoms with Crippen molar-refractivity contribution in [2.24, 2.45) is 0 Å². The quantitative estimate of drug-likeness (QED) is 0.760. The van der Waals surface area contributed by atoms with Gasteiger partial charge in [0, 0.05) is 26.8 Å². The molecule has 96 valence electrons. The first kappa shape index (κ1) is 14.1. The fraction of sp³-hybridized carbons (Fsp3) is 0.286. The van der Waals surface area contributed by atoms with Crippen LogP contribution in [0.3, 0.4) is 0 Å². The molecule has 0 spiro atoms. The summed E-state index contributed by atoms with van der Waals surface area (Å²) in [4.78, 5) is 2.66. The zero-order valence-corrected chi connectivity index (χ0v) is 13.7. The Balaban J connectivity index is 1.94. The number of rotatable bonds is 5. The van der Waals surface area contributed by atoms with E-state index in [0.717, 1.165) is 6.54 Å². The molecule has 0 amide bonds. The first-order chi connectivity index (χ1) is 8.70. The molecule has 2 rings (SSSR count). The smallest absolute Gasteiger partial charge is 0.0327 e. The number of hydrogen-bond acceptors (Lipinski definition) is 3. The summed E-state index contributed by atoms with van der Waals surface area (Å²) < 4.78 is 1.20. The molecule has 0 aliphatic rings. The Morgan fingerprint density at radius 2 is 2.00 bits per heavy atom. The highest BCUT2D eigenvalue weighted by molar-refractivity contribution is 9.10. The SMILES string of the molecule is CSc1ccc(C(C)NCc2sccc2Br)cc1. The average molecular weight is 342 g/mol. The van der Waals surface area contributed by atoms with Crippen LogP contribution in [0.25, 0.3) is 0 Å². The van der Waals surface area contributed by atoms with Gasteiger partial charge >= 0.3 is 0 Å². The standard InChI is InChI=1S/C14H16BrNS2/c1-10(11-3-5-12(17-2)6-4-11)16-9-14-13(15)7-8-18-14/h3-8,10,16H,9H2,1-2H3. The largest absolute Gasteiger partial charge is 0.305 e. The fourth-order valence-corrected chi connectivity index (χ4v) is 3.56. The van der Waals surface area contributed by atoms with E-state index < -0.39 is 0 Å². The molecule has 1 unspecified atom stereocenters. The van der Waals surface area contributed by atoms with Crippen LogP contribution in [-0.2, 0) is 6.54 Å². The molecule has 0 saturated carbocycles. The van der Waals surface area contributed by atoms with Gasteiger partial charge in [-0.3, -0.25) is 0 Å². The molecule has 2 aromatic rings. The lowest BCUT2D eigenvalue weighted by Crippen LogP contribution is -2.17. The third-order valence-corrected chi connectivity index (χ3v) is 5.55. The maximum Gasteiger partial charge on any atom is 0.0327 e. The van der Waals surface area contributed by atoms with Crippen LogP contribution in [0, 0.1) is 0 Å². The fourth-order valence-electron chi connectivity index (χ4n) is 1.71. The van der Waals surface area contributed by atoms with E-state index in [9.17, 15) is 0 Å². The number of nitrogens with one attached hydrogen (secondary N) is 1. The summed E-state index contributed by atoms with van der Waals surface area (Å²) in [6.45, 7) is 3.11. The van der Waals surface area contributed by atoms with Crippen LogP contribution in [0.4, 0.5) is 0 Å². The molecule has 1 atom stereocenters. The van der Waals surface area contributed by atoms with Crippen LogP contribution in [0.15, 0.2) is 45.1 Å². The lowest BCUT2D eigenvalue weighted by Gasteiger charge is -2.14. The van der Waals surface area contributed by atoms with Crippen molar-refractivity contribution in [3.63, 3.8) is 0 Å². The number of thioether (sulfide) groups is 1. The van der Waals surface area contributed by atoms with E-state index in [1.54, 1.807) is 23.1 Å². The summed E-state index contributed by atoms with van der Waals surface area (Å²) in [6.07, 6.45) is 2.10. The van der Waals surface area contributed by atoms with Gasteiger partial charge in [0.25, 0.3) is 0 Å². The minimum absolute atomic E-state index is 0.370. The lowest BCUT2D eigenvalue weighted by molar-refractivity contribution is 0.578. The van der Waals surface area contributed by atoms with Crippen molar-refractivity contribution in [3.05, 3.63) is 50.6 Å². The highest BCUT2D eigenvalue weighted by Crippen LogP contribution is 2.24. The molecule has 0 saturated heterocycles. The molecule has 1 nitrogen and oxygen atoms in total. The van der Waals surface area contributed by atoms with E-state index in [2.05, 4.69) is 70.1 Å². The minimum Gasteiger partial charge on any atom is -0.305 e. The Kier molecular flexibility index (Phi) is 5.30. The Morgan fingerprint density at radius 1 is 1.28 bits per heavy atom. The van der Waals surface area contributed by atoms with Crippen molar-refractivity contribution < 1.29 is 0 Å². The summed E-state index contributed by atoms with van der Waals surface area (Å²) in [5, 5.41) is 5.66. The molecular formula is C14H16BrNS2. The van der Waals surface area contributed by atoms with Crippen LogP contribution < -0.4 is 5.32 Å². The first-order valence-electron chi connectivity index (χ1n) is 5.80. The van der Waals surface area contributed by atoms with Gasteiger partial charge < -0.3 is 5.32 Å². The van der Waals surface area contributed by atoms with Crippen molar-refractivity contribution >= 4 is 39.0 Å². The lowest BCUT2D eigenvalue weighted by atomic mass is 10.1. The molecule has 4 heteroatoms. The Hall–Kier alpha value is -0.290. The predicted molar refractivity (Wildman–Crippen MR) is 85.5 cm³/mol. The third-order valence-electron chi connectivity index (χ3n) is 2.88. The molecule has 1 aromatic heterocycles. The molecule has 1 aromatic carbocycles. The second kappa shape index (κ2) is 6.75. The van der Waals surface area contributed by atoms with E-state index in [1.807, 2.05) is 0 Å². The van der Waals surface area contributed by atoms with E-state index >= 15 is 0 Å². The van der Waals surface area contributed by atoms with Gasteiger partial charge in [0.2, 0.25) is 0 Å². The van der Waals surface area contributed by atoms with Crippen LogP contribution in [0.5, 0.6) is 0 Å². The van der Waals surface area contributed by atoms with Gasteiger partial charge in [-0.15, -0.1) is 23.1 Å². The normalized spacial score (nSPS) is 12.6. The Morgan fingerprint density at radius 3 is 2.56 bits per heavy atom. The summed E-state index contributed by atoms with van der Waals surface area (Å²) in [6, 6.07) is 11.2. The zero-order valence-electron chi connectivity index (χ0n) is 10.4. The molecule has 0 aliphatic carbocycles. The van der Waals surface area contributed by atoms with Crippen LogP contribution >= 0.6 is 39.0 Å². The van der Waals surface area contributed by atoms with Crippen molar-refractivity contribution in [2.45, 2.75) is 24.4 Å². The maximum atomic E-state index is 3.56. The van der Waals surface area contributed by atoms with Crippen molar-refractivity contribution in [1.82, 2.24) is 5.32 Å². The van der Waals surface area contributed by atoms with Crippen LogP contribution in [0.2, 0.25) is 0 Å². The second-order valence-corrected chi connectivity index (χ2v) is 6.80. The summed E-state index contributed by atoms with van der Waals surface area (Å²) >= 11 is 7.12. The van der Waals surface area contributed by atoms with Crippen molar-refractivity contribution in [2.75, 3.05) is 6.26 Å². The molecule has 1 N–H and O–H groups in total. The highest BCUT2D eigenvalue weighted by Gasteiger charge is 2.07. The Labute approximate surface area is 125 Å². The number of halogens is 1. The van der Waals surface area contributed by atoms with Crippen LogP contribution in [0.1, 0.15) is 23.4 Å². The molecule has 18 heavy (non-hydrogen) atoms. The summed E-state index contributed by atoms with van der Waals surface area (Å²) in [5.41, 5.74) is 1.33. The van der Waals surface area contributed by atoms with Gasteiger partial charge in [0.1, 0.15) is 0 Å². The second-order valence-electron chi connectivity index (χ2n) is 4.07. The van der Waals surface area contributed by atoms with Gasteiger partial charge in [0.05, 0.1) is 0 Å². The van der Waals surface area contributed by atoms with E-state index in [0.29, 0.717) is 6.04 Å². The van der Waals surface area contributed by atoms with Crippen molar-refractivity contribution in [3.8, 4) is 0 Å². The van der Waals surface area contributed by atoms with Gasteiger partial charge in [-0.1, -0.05) is 12.1 Å². The minimum atomic E-state index is 0.370. The van der Waals surface area contributed by atoms with Gasteiger partial charge in [-0.2, -0.15) is 0 Å². The summed E-state index contributed by atoms with van der Waals surface area (Å²) in [5.74, 6) is 0. The Bertz CT molecular complexity index is 493. The topological polar surface area (TPSA) is 12.0 Å². The van der Waals surface area contributed by atoms with E-state index in [-0.39, 0.29) is 0 Å². The predicted octanol–water partition coefficient (Wildman–Crippen LogP) is 5.08.